The number of hydrogen-bond acceptors (Lipinski definition) is 2. The Kier molecular flexibility index (Phi) is 4.27. The van der Waals surface area contributed by atoms with Crippen LogP contribution in [0.4, 0.5) is 0 Å². The third-order valence-electron chi connectivity index (χ3n) is 2.69. The van der Waals surface area contributed by atoms with Gasteiger partial charge in [-0.05, 0) is 30.7 Å². The Morgan fingerprint density at radius 1 is 1.47 bits per heavy atom. The molecule has 0 bridgehead atoms. The van der Waals surface area contributed by atoms with Gasteiger partial charge >= 0.3 is 0 Å². The van der Waals surface area contributed by atoms with Gasteiger partial charge in [0.1, 0.15) is 5.69 Å². The van der Waals surface area contributed by atoms with E-state index in [-0.39, 0.29) is 5.91 Å². The molecule has 0 unspecified atom stereocenters. The molecule has 0 atom stereocenters. The molecule has 2 aromatic rings. The second-order valence-electron chi connectivity index (χ2n) is 4.21. The molecular formula is C13H13BrClN3O. The van der Waals surface area contributed by atoms with E-state index in [9.17, 15) is 4.79 Å². The molecule has 4 nitrogen and oxygen atoms in total. The van der Waals surface area contributed by atoms with Gasteiger partial charge in [0.25, 0.3) is 5.91 Å². The summed E-state index contributed by atoms with van der Waals surface area (Å²) in [6.45, 7) is 2.23. The molecule has 0 aliphatic rings. The number of hydrogen-bond donors (Lipinski definition) is 1. The summed E-state index contributed by atoms with van der Waals surface area (Å²) in [4.78, 5) is 12.0. The molecule has 0 spiro atoms. The maximum absolute atomic E-state index is 12.0. The molecule has 1 aromatic carbocycles. The monoisotopic (exact) mass is 341 g/mol. The zero-order valence-electron chi connectivity index (χ0n) is 10.6. The van der Waals surface area contributed by atoms with Crippen LogP contribution in [0.5, 0.6) is 0 Å². The summed E-state index contributed by atoms with van der Waals surface area (Å²) in [6.07, 6.45) is 0. The maximum atomic E-state index is 12.0. The lowest BCUT2D eigenvalue weighted by Gasteiger charge is -2.07. The van der Waals surface area contributed by atoms with Crippen LogP contribution in [0, 0.1) is 6.92 Å². The van der Waals surface area contributed by atoms with Crippen molar-refractivity contribution in [1.82, 2.24) is 15.1 Å². The minimum Gasteiger partial charge on any atom is -0.347 e. The number of carbonyl (C=O) groups is 1. The summed E-state index contributed by atoms with van der Waals surface area (Å²) in [6, 6.07) is 7.32. The van der Waals surface area contributed by atoms with Gasteiger partial charge in [0.05, 0.1) is 5.69 Å². The molecule has 6 heteroatoms. The van der Waals surface area contributed by atoms with Gasteiger partial charge < -0.3 is 5.32 Å². The van der Waals surface area contributed by atoms with Gasteiger partial charge in [0.2, 0.25) is 0 Å². The highest BCUT2D eigenvalue weighted by atomic mass is 79.9. The minimum absolute atomic E-state index is 0.165. The Labute approximate surface area is 124 Å². The molecule has 1 heterocycles. The normalized spacial score (nSPS) is 10.5. The van der Waals surface area contributed by atoms with E-state index >= 15 is 0 Å². The van der Waals surface area contributed by atoms with Gasteiger partial charge in [-0.3, -0.25) is 9.48 Å². The number of nitrogens with zero attached hydrogens (tertiary/aromatic N) is 2. The highest BCUT2D eigenvalue weighted by molar-refractivity contribution is 9.10. The summed E-state index contributed by atoms with van der Waals surface area (Å²) >= 11 is 9.44. The average molecular weight is 343 g/mol. The molecule has 100 valence electrons. The lowest BCUT2D eigenvalue weighted by Crippen LogP contribution is -2.25. The van der Waals surface area contributed by atoms with Gasteiger partial charge in [-0.1, -0.05) is 33.6 Å². The summed E-state index contributed by atoms with van der Waals surface area (Å²) < 4.78 is 2.48. The Morgan fingerprint density at radius 3 is 2.79 bits per heavy atom. The van der Waals surface area contributed by atoms with Crippen molar-refractivity contribution in [3.05, 3.63) is 50.7 Å². The van der Waals surface area contributed by atoms with E-state index in [4.69, 9.17) is 11.6 Å². The van der Waals surface area contributed by atoms with E-state index < -0.39 is 0 Å². The molecular weight excluding hydrogens is 330 g/mol. The minimum atomic E-state index is -0.165. The Morgan fingerprint density at radius 2 is 2.21 bits per heavy atom. The molecule has 1 aromatic heterocycles. The van der Waals surface area contributed by atoms with Crippen molar-refractivity contribution in [2.24, 2.45) is 7.05 Å². The highest BCUT2D eigenvalue weighted by Gasteiger charge is 2.11. The predicted octanol–water partition coefficient (Wildman–Crippen LogP) is 3.07. The standard InChI is InChI=1S/C13H13BrClN3O/c1-8-5-12(18(2)17-8)13(19)16-7-9-3-4-10(14)6-11(9)15/h3-6H,7H2,1-2H3,(H,16,19). The van der Waals surface area contributed by atoms with Crippen molar-refractivity contribution in [1.29, 1.82) is 0 Å². The topological polar surface area (TPSA) is 46.9 Å². The van der Waals surface area contributed by atoms with Crippen molar-refractivity contribution in [2.45, 2.75) is 13.5 Å². The number of aryl methyl sites for hydroxylation is 2. The van der Waals surface area contributed by atoms with Gasteiger partial charge in [0, 0.05) is 23.1 Å². The van der Waals surface area contributed by atoms with Crippen LogP contribution in [0.15, 0.2) is 28.7 Å². The SMILES string of the molecule is Cc1cc(C(=O)NCc2ccc(Br)cc2Cl)n(C)n1. The third-order valence-corrected chi connectivity index (χ3v) is 3.53. The number of amides is 1. The molecule has 1 amide bonds. The lowest BCUT2D eigenvalue weighted by atomic mass is 10.2. The average Bonchev–Trinajstić information content (AvgIpc) is 2.67. The molecule has 0 fully saturated rings. The van der Waals surface area contributed by atoms with Crippen molar-refractivity contribution >= 4 is 33.4 Å². The quantitative estimate of drug-likeness (QED) is 0.932. The lowest BCUT2D eigenvalue weighted by molar-refractivity contribution is 0.0941. The van der Waals surface area contributed by atoms with Gasteiger partial charge in [0.15, 0.2) is 0 Å². The molecule has 0 saturated carbocycles. The maximum Gasteiger partial charge on any atom is 0.269 e. The van der Waals surface area contributed by atoms with Crippen LogP contribution in [0.3, 0.4) is 0 Å². The summed E-state index contributed by atoms with van der Waals surface area (Å²) in [7, 11) is 1.74. The fourth-order valence-corrected chi connectivity index (χ4v) is 2.49. The van der Waals surface area contributed by atoms with E-state index in [1.807, 2.05) is 19.1 Å². The molecule has 0 aliphatic heterocycles. The van der Waals surface area contributed by atoms with Gasteiger partial charge in [-0.25, -0.2) is 0 Å². The Hall–Kier alpha value is -1.33. The zero-order valence-corrected chi connectivity index (χ0v) is 12.9. The van der Waals surface area contributed by atoms with Crippen molar-refractivity contribution in [3.8, 4) is 0 Å². The van der Waals surface area contributed by atoms with E-state index in [0.29, 0.717) is 17.3 Å². The fraction of sp³-hybridized carbons (Fsp3) is 0.231. The third kappa shape index (κ3) is 3.36. The van der Waals surface area contributed by atoms with E-state index in [1.165, 1.54) is 0 Å². The van der Waals surface area contributed by atoms with Crippen LogP contribution in [-0.4, -0.2) is 15.7 Å². The van der Waals surface area contributed by atoms with Gasteiger partial charge in [-0.2, -0.15) is 5.10 Å². The first kappa shape index (κ1) is 14.1. The van der Waals surface area contributed by atoms with Crippen LogP contribution in [0.25, 0.3) is 0 Å². The zero-order chi connectivity index (χ0) is 14.0. The van der Waals surface area contributed by atoms with Crippen molar-refractivity contribution < 1.29 is 4.79 Å². The fourth-order valence-electron chi connectivity index (χ4n) is 1.75. The number of nitrogens with one attached hydrogen (secondary N) is 1. The largest absolute Gasteiger partial charge is 0.347 e. The Bertz CT molecular complexity index is 624. The first-order valence-electron chi connectivity index (χ1n) is 5.70. The number of halogens is 2. The number of rotatable bonds is 3. The molecule has 0 aliphatic carbocycles. The summed E-state index contributed by atoms with van der Waals surface area (Å²) in [5, 5.41) is 7.59. The van der Waals surface area contributed by atoms with Crippen LogP contribution in [0.2, 0.25) is 5.02 Å². The van der Waals surface area contributed by atoms with E-state index in [0.717, 1.165) is 15.7 Å². The molecule has 1 N–H and O–H groups in total. The van der Waals surface area contributed by atoms with Crippen molar-refractivity contribution in [3.63, 3.8) is 0 Å². The smallest absolute Gasteiger partial charge is 0.269 e. The van der Waals surface area contributed by atoms with E-state index in [1.54, 1.807) is 23.9 Å². The van der Waals surface area contributed by atoms with Gasteiger partial charge in [-0.15, -0.1) is 0 Å². The van der Waals surface area contributed by atoms with Crippen LogP contribution in [0.1, 0.15) is 21.7 Å². The Balaban J connectivity index is 2.06. The molecule has 0 radical (unpaired) electrons. The van der Waals surface area contributed by atoms with Crippen LogP contribution >= 0.6 is 27.5 Å². The number of aromatic nitrogens is 2. The number of benzene rings is 1. The molecule has 19 heavy (non-hydrogen) atoms. The van der Waals surface area contributed by atoms with E-state index in [2.05, 4.69) is 26.3 Å². The second-order valence-corrected chi connectivity index (χ2v) is 5.54. The van der Waals surface area contributed by atoms with Crippen LogP contribution < -0.4 is 5.32 Å². The number of carbonyl (C=O) groups excluding carboxylic acids is 1. The van der Waals surface area contributed by atoms with Crippen LogP contribution in [-0.2, 0) is 13.6 Å². The molecule has 0 saturated heterocycles. The summed E-state index contributed by atoms with van der Waals surface area (Å²) in [5.74, 6) is -0.165. The predicted molar refractivity (Wildman–Crippen MR) is 78.3 cm³/mol. The van der Waals surface area contributed by atoms with Crippen molar-refractivity contribution in [2.75, 3.05) is 0 Å². The first-order valence-corrected chi connectivity index (χ1v) is 6.87. The first-order chi connectivity index (χ1) is 8.97. The molecule has 2 rings (SSSR count). The second kappa shape index (κ2) is 5.75. The highest BCUT2D eigenvalue weighted by Crippen LogP contribution is 2.21. The summed E-state index contributed by atoms with van der Waals surface area (Å²) in [5.41, 5.74) is 2.22.